The highest BCUT2D eigenvalue weighted by atomic mass is 32.2. The maximum Gasteiger partial charge on any atom is 0.261 e. The number of carbonyl (C=O) groups is 1. The molecule has 1 aliphatic heterocycles. The highest BCUT2D eigenvalue weighted by Gasteiger charge is 2.34. The third-order valence-electron chi connectivity index (χ3n) is 6.73. The number of anilines is 1. The minimum absolute atomic E-state index is 0.0408. The third kappa shape index (κ3) is 6.15. The second kappa shape index (κ2) is 10.6. The van der Waals surface area contributed by atoms with Gasteiger partial charge in [-0.3, -0.25) is 9.52 Å². The second-order valence-corrected chi connectivity index (χ2v) is 11.6. The Kier molecular flexibility index (Phi) is 7.68. The van der Waals surface area contributed by atoms with Gasteiger partial charge < -0.3 is 19.6 Å². The fraction of sp³-hybridized carbons (Fsp3) is 0.500. The van der Waals surface area contributed by atoms with E-state index >= 15 is 0 Å². The number of ether oxygens (including phenoxy) is 1. The monoisotopic (exact) mass is 501 g/mol. The average molecular weight is 502 g/mol. The van der Waals surface area contributed by atoms with Crippen LogP contribution in [0.4, 0.5) is 5.69 Å². The zero-order valence-electron chi connectivity index (χ0n) is 20.6. The SMILES string of the molecule is C[C@H]1CN([C@@H](C)CO)C(=O)c2cc(NS(=O)(=O)c3ccccc3)ccc2O[C@@H]1CN(C)CC1CC1. The fourth-order valence-electron chi connectivity index (χ4n) is 4.44. The smallest absolute Gasteiger partial charge is 0.261 e. The predicted octanol–water partition coefficient (Wildman–Crippen LogP) is 3.05. The van der Waals surface area contributed by atoms with Crippen molar-refractivity contribution in [2.24, 2.45) is 11.8 Å². The summed E-state index contributed by atoms with van der Waals surface area (Å²) in [5, 5.41) is 9.83. The fourth-order valence-corrected chi connectivity index (χ4v) is 5.51. The predicted molar refractivity (Wildman–Crippen MR) is 135 cm³/mol. The van der Waals surface area contributed by atoms with Crippen LogP contribution in [0.15, 0.2) is 53.4 Å². The first kappa shape index (κ1) is 25.5. The summed E-state index contributed by atoms with van der Waals surface area (Å²) in [6.45, 7) is 5.88. The van der Waals surface area contributed by atoms with Crippen LogP contribution in [0.25, 0.3) is 0 Å². The lowest BCUT2D eigenvalue weighted by atomic mass is 9.99. The van der Waals surface area contributed by atoms with Crippen molar-refractivity contribution in [3.8, 4) is 5.75 Å². The minimum atomic E-state index is -3.81. The van der Waals surface area contributed by atoms with Gasteiger partial charge in [0.05, 0.1) is 23.1 Å². The number of nitrogens with one attached hydrogen (secondary N) is 1. The molecule has 2 aliphatic rings. The van der Waals surface area contributed by atoms with Crippen molar-refractivity contribution in [1.82, 2.24) is 9.80 Å². The van der Waals surface area contributed by atoms with Gasteiger partial charge in [-0.15, -0.1) is 0 Å². The number of hydrogen-bond donors (Lipinski definition) is 2. The van der Waals surface area contributed by atoms with E-state index in [0.29, 0.717) is 12.3 Å². The summed E-state index contributed by atoms with van der Waals surface area (Å²) < 4.78 is 34.6. The van der Waals surface area contributed by atoms with Crippen molar-refractivity contribution in [2.45, 2.75) is 43.7 Å². The maximum atomic E-state index is 13.6. The summed E-state index contributed by atoms with van der Waals surface area (Å²) in [4.78, 5) is 17.6. The van der Waals surface area contributed by atoms with Crippen LogP contribution in [0.2, 0.25) is 0 Å². The molecule has 0 unspecified atom stereocenters. The molecular weight excluding hydrogens is 466 g/mol. The summed E-state index contributed by atoms with van der Waals surface area (Å²) in [6, 6.07) is 12.5. The van der Waals surface area contributed by atoms with Crippen molar-refractivity contribution in [3.05, 3.63) is 54.1 Å². The molecule has 2 aromatic carbocycles. The molecule has 0 spiro atoms. The number of rotatable bonds is 9. The van der Waals surface area contributed by atoms with Gasteiger partial charge in [0.25, 0.3) is 15.9 Å². The maximum absolute atomic E-state index is 13.6. The number of nitrogens with zero attached hydrogens (tertiary/aromatic N) is 2. The van der Waals surface area contributed by atoms with Gasteiger partial charge in [-0.25, -0.2) is 8.42 Å². The first-order valence-corrected chi connectivity index (χ1v) is 13.6. The van der Waals surface area contributed by atoms with Crippen molar-refractivity contribution >= 4 is 21.6 Å². The van der Waals surface area contributed by atoms with Crippen LogP contribution in [0, 0.1) is 11.8 Å². The quantitative estimate of drug-likeness (QED) is 0.548. The molecule has 2 aromatic rings. The van der Waals surface area contributed by atoms with Gasteiger partial charge in [-0.05, 0) is 63.1 Å². The lowest BCUT2D eigenvalue weighted by Gasteiger charge is -2.38. The van der Waals surface area contributed by atoms with Crippen LogP contribution in [0.1, 0.15) is 37.0 Å². The number of aliphatic hydroxyl groups excluding tert-OH is 1. The van der Waals surface area contributed by atoms with Gasteiger partial charge in [0.15, 0.2) is 0 Å². The van der Waals surface area contributed by atoms with E-state index in [1.54, 1.807) is 35.2 Å². The van der Waals surface area contributed by atoms with Crippen molar-refractivity contribution in [3.63, 3.8) is 0 Å². The minimum Gasteiger partial charge on any atom is -0.488 e. The van der Waals surface area contributed by atoms with Gasteiger partial charge in [0, 0.05) is 31.2 Å². The molecule has 9 heteroatoms. The highest BCUT2D eigenvalue weighted by molar-refractivity contribution is 7.92. The Bertz CT molecular complexity index is 1140. The highest BCUT2D eigenvalue weighted by Crippen LogP contribution is 2.32. The molecule has 8 nitrogen and oxygen atoms in total. The molecule has 0 radical (unpaired) electrons. The van der Waals surface area contributed by atoms with Gasteiger partial charge in [-0.2, -0.15) is 0 Å². The molecule has 3 atom stereocenters. The topological polar surface area (TPSA) is 99.2 Å². The molecule has 1 amide bonds. The Morgan fingerprint density at radius 1 is 1.17 bits per heavy atom. The Balaban J connectivity index is 1.64. The number of carbonyl (C=O) groups excluding carboxylic acids is 1. The average Bonchev–Trinajstić information content (AvgIpc) is 3.65. The molecule has 1 saturated carbocycles. The molecule has 2 N–H and O–H groups in total. The second-order valence-electron chi connectivity index (χ2n) is 9.92. The summed E-state index contributed by atoms with van der Waals surface area (Å²) in [5.41, 5.74) is 0.553. The van der Waals surface area contributed by atoms with Crippen LogP contribution in [0.5, 0.6) is 5.75 Å². The number of amides is 1. The molecule has 1 fully saturated rings. The third-order valence-corrected chi connectivity index (χ3v) is 8.13. The van der Waals surface area contributed by atoms with E-state index in [0.717, 1.165) is 19.0 Å². The number of fused-ring (bicyclic) bond motifs is 1. The van der Waals surface area contributed by atoms with Gasteiger partial charge >= 0.3 is 0 Å². The summed E-state index contributed by atoms with van der Waals surface area (Å²) in [5.74, 6) is 0.922. The lowest BCUT2D eigenvalue weighted by molar-refractivity contribution is 0.0344. The number of benzene rings is 2. The first-order valence-electron chi connectivity index (χ1n) is 12.2. The van der Waals surface area contributed by atoms with E-state index in [1.165, 1.54) is 31.0 Å². The van der Waals surface area contributed by atoms with E-state index in [4.69, 9.17) is 4.74 Å². The molecule has 1 aliphatic carbocycles. The summed E-state index contributed by atoms with van der Waals surface area (Å²) in [6.07, 6.45) is 2.38. The molecule has 1 heterocycles. The molecule has 0 saturated heterocycles. The number of hydrogen-bond acceptors (Lipinski definition) is 6. The van der Waals surface area contributed by atoms with E-state index in [-0.39, 0.29) is 46.7 Å². The van der Waals surface area contributed by atoms with Crippen molar-refractivity contribution in [2.75, 3.05) is 38.0 Å². The van der Waals surface area contributed by atoms with Crippen LogP contribution in [0.3, 0.4) is 0 Å². The van der Waals surface area contributed by atoms with E-state index in [9.17, 15) is 18.3 Å². The van der Waals surface area contributed by atoms with E-state index in [2.05, 4.69) is 23.6 Å². The molecule has 190 valence electrons. The standard InChI is InChI=1S/C26H35N3O5S/c1-18-14-29(19(2)17-30)26(31)23-13-21(27-35(32,33)22-7-5-4-6-8-22)11-12-24(23)34-25(18)16-28(3)15-20-9-10-20/h4-8,11-13,18-20,25,27,30H,9-10,14-17H2,1-3H3/t18-,19-,25+/m0/s1. The molecule has 4 rings (SSSR count). The Morgan fingerprint density at radius 3 is 2.54 bits per heavy atom. The Hall–Kier alpha value is -2.62. The zero-order valence-corrected chi connectivity index (χ0v) is 21.4. The van der Waals surface area contributed by atoms with Crippen LogP contribution < -0.4 is 9.46 Å². The van der Waals surface area contributed by atoms with Gasteiger partial charge in [0.2, 0.25) is 0 Å². The zero-order chi connectivity index (χ0) is 25.2. The van der Waals surface area contributed by atoms with E-state index < -0.39 is 10.0 Å². The van der Waals surface area contributed by atoms with Crippen LogP contribution in [-0.2, 0) is 10.0 Å². The Morgan fingerprint density at radius 2 is 1.89 bits per heavy atom. The van der Waals surface area contributed by atoms with Gasteiger partial charge in [0.1, 0.15) is 11.9 Å². The molecule has 0 aromatic heterocycles. The van der Waals surface area contributed by atoms with Crippen LogP contribution >= 0.6 is 0 Å². The summed E-state index contributed by atoms with van der Waals surface area (Å²) >= 11 is 0. The lowest BCUT2D eigenvalue weighted by Crippen LogP contribution is -2.50. The Labute approximate surface area is 207 Å². The van der Waals surface area contributed by atoms with E-state index in [1.807, 2.05) is 6.92 Å². The number of likely N-dealkylation sites (N-methyl/N-ethyl adjacent to an activating group) is 1. The van der Waals surface area contributed by atoms with Crippen molar-refractivity contribution in [1.29, 1.82) is 0 Å². The van der Waals surface area contributed by atoms with Gasteiger partial charge in [-0.1, -0.05) is 25.1 Å². The molecular formula is C26H35N3O5S. The first-order chi connectivity index (χ1) is 16.7. The molecule has 35 heavy (non-hydrogen) atoms. The number of aliphatic hydroxyl groups is 1. The summed E-state index contributed by atoms with van der Waals surface area (Å²) in [7, 11) is -1.72. The largest absolute Gasteiger partial charge is 0.488 e. The normalized spacial score (nSPS) is 21.6. The number of sulfonamides is 1. The van der Waals surface area contributed by atoms with Crippen LogP contribution in [-0.4, -0.2) is 74.7 Å². The van der Waals surface area contributed by atoms with Crippen molar-refractivity contribution < 1.29 is 23.1 Å². The molecule has 0 bridgehead atoms.